The standard InChI is InChI=1S/C17H16N4O2/c1-23-15-5-3-2-4-14(15)17(22)19-16-8-11-21(20-16)12-13-6-9-18-10-7-13/h2-11H,12H2,1H3,(H,19,20,22). The highest BCUT2D eigenvalue weighted by molar-refractivity contribution is 6.05. The molecule has 6 heteroatoms. The molecule has 0 radical (unpaired) electrons. The molecule has 116 valence electrons. The Kier molecular flexibility index (Phi) is 4.33. The Morgan fingerprint density at radius 1 is 1.17 bits per heavy atom. The van der Waals surface area contributed by atoms with Crippen LogP contribution in [0.4, 0.5) is 5.82 Å². The SMILES string of the molecule is COc1ccccc1C(=O)Nc1ccn(Cc2ccncc2)n1. The molecule has 0 bridgehead atoms. The van der Waals surface area contributed by atoms with Gasteiger partial charge in [-0.05, 0) is 29.8 Å². The molecule has 1 aromatic carbocycles. The molecule has 0 aliphatic carbocycles. The Hall–Kier alpha value is -3.15. The van der Waals surface area contributed by atoms with Crippen molar-refractivity contribution in [3.63, 3.8) is 0 Å². The van der Waals surface area contributed by atoms with Crippen molar-refractivity contribution in [3.8, 4) is 5.75 Å². The molecule has 0 atom stereocenters. The minimum absolute atomic E-state index is 0.253. The van der Waals surface area contributed by atoms with E-state index in [9.17, 15) is 4.79 Å². The summed E-state index contributed by atoms with van der Waals surface area (Å²) in [6, 6.07) is 12.7. The lowest BCUT2D eigenvalue weighted by molar-refractivity contribution is 0.102. The van der Waals surface area contributed by atoms with Crippen LogP contribution in [-0.4, -0.2) is 27.8 Å². The van der Waals surface area contributed by atoms with E-state index in [0.29, 0.717) is 23.7 Å². The third kappa shape index (κ3) is 3.55. The van der Waals surface area contributed by atoms with Gasteiger partial charge in [-0.1, -0.05) is 12.1 Å². The van der Waals surface area contributed by atoms with E-state index in [0.717, 1.165) is 5.56 Å². The van der Waals surface area contributed by atoms with Gasteiger partial charge < -0.3 is 10.1 Å². The minimum atomic E-state index is -0.253. The van der Waals surface area contributed by atoms with E-state index in [2.05, 4.69) is 15.4 Å². The van der Waals surface area contributed by atoms with E-state index in [1.54, 1.807) is 41.3 Å². The number of carbonyl (C=O) groups is 1. The highest BCUT2D eigenvalue weighted by atomic mass is 16.5. The van der Waals surface area contributed by atoms with Gasteiger partial charge in [0, 0.05) is 24.7 Å². The molecule has 3 rings (SSSR count). The topological polar surface area (TPSA) is 69.0 Å². The van der Waals surface area contributed by atoms with Crippen LogP contribution in [0.15, 0.2) is 61.1 Å². The van der Waals surface area contributed by atoms with Gasteiger partial charge >= 0.3 is 0 Å². The van der Waals surface area contributed by atoms with Crippen molar-refractivity contribution in [2.75, 3.05) is 12.4 Å². The van der Waals surface area contributed by atoms with Crippen molar-refractivity contribution in [3.05, 3.63) is 72.2 Å². The molecule has 0 saturated heterocycles. The summed E-state index contributed by atoms with van der Waals surface area (Å²) in [4.78, 5) is 16.3. The van der Waals surface area contributed by atoms with Crippen LogP contribution in [0, 0.1) is 0 Å². The number of para-hydroxylation sites is 1. The summed E-state index contributed by atoms with van der Waals surface area (Å²) in [5.74, 6) is 0.771. The number of aromatic nitrogens is 3. The quantitative estimate of drug-likeness (QED) is 0.786. The van der Waals surface area contributed by atoms with Gasteiger partial charge in [0.15, 0.2) is 5.82 Å². The summed E-state index contributed by atoms with van der Waals surface area (Å²) in [5.41, 5.74) is 1.56. The second-order valence-electron chi connectivity index (χ2n) is 4.91. The van der Waals surface area contributed by atoms with E-state index in [1.807, 2.05) is 24.4 Å². The summed E-state index contributed by atoms with van der Waals surface area (Å²) < 4.78 is 6.95. The van der Waals surface area contributed by atoms with Crippen LogP contribution in [0.25, 0.3) is 0 Å². The predicted molar refractivity (Wildman–Crippen MR) is 86.5 cm³/mol. The van der Waals surface area contributed by atoms with E-state index < -0.39 is 0 Å². The van der Waals surface area contributed by atoms with Crippen LogP contribution < -0.4 is 10.1 Å². The average Bonchev–Trinajstić information content (AvgIpc) is 3.02. The molecule has 1 amide bonds. The van der Waals surface area contributed by atoms with Crippen LogP contribution in [0.2, 0.25) is 0 Å². The van der Waals surface area contributed by atoms with Crippen molar-refractivity contribution in [2.24, 2.45) is 0 Å². The van der Waals surface area contributed by atoms with Gasteiger partial charge in [-0.25, -0.2) is 0 Å². The molecule has 0 fully saturated rings. The number of benzene rings is 1. The highest BCUT2D eigenvalue weighted by Crippen LogP contribution is 2.18. The third-order valence-corrected chi connectivity index (χ3v) is 3.33. The first-order valence-corrected chi connectivity index (χ1v) is 7.13. The van der Waals surface area contributed by atoms with Gasteiger partial charge in [0.2, 0.25) is 0 Å². The van der Waals surface area contributed by atoms with E-state index in [1.165, 1.54) is 7.11 Å². The number of hydrogen-bond acceptors (Lipinski definition) is 4. The van der Waals surface area contributed by atoms with Gasteiger partial charge in [-0.2, -0.15) is 5.10 Å². The molecular weight excluding hydrogens is 292 g/mol. The minimum Gasteiger partial charge on any atom is -0.496 e. The van der Waals surface area contributed by atoms with Crippen molar-refractivity contribution < 1.29 is 9.53 Å². The van der Waals surface area contributed by atoms with Crippen LogP contribution in [0.5, 0.6) is 5.75 Å². The fraction of sp³-hybridized carbons (Fsp3) is 0.118. The zero-order chi connectivity index (χ0) is 16.1. The number of pyridine rings is 1. The maximum absolute atomic E-state index is 12.3. The van der Waals surface area contributed by atoms with Crippen LogP contribution in [0.3, 0.4) is 0 Å². The van der Waals surface area contributed by atoms with Gasteiger partial charge in [-0.15, -0.1) is 0 Å². The Labute approximate surface area is 133 Å². The Bertz CT molecular complexity index is 799. The number of amides is 1. The molecule has 6 nitrogen and oxygen atoms in total. The van der Waals surface area contributed by atoms with E-state index in [4.69, 9.17) is 4.74 Å². The first kappa shape index (κ1) is 14.8. The molecule has 0 spiro atoms. The lowest BCUT2D eigenvalue weighted by atomic mass is 10.2. The maximum Gasteiger partial charge on any atom is 0.260 e. The van der Waals surface area contributed by atoms with E-state index in [-0.39, 0.29) is 5.91 Å². The molecule has 2 heterocycles. The lowest BCUT2D eigenvalue weighted by Gasteiger charge is -2.07. The van der Waals surface area contributed by atoms with Crippen molar-refractivity contribution >= 4 is 11.7 Å². The molecular formula is C17H16N4O2. The molecule has 0 saturated carbocycles. The van der Waals surface area contributed by atoms with Crippen LogP contribution in [0.1, 0.15) is 15.9 Å². The summed E-state index contributed by atoms with van der Waals surface area (Å²) in [5, 5.41) is 7.13. The third-order valence-electron chi connectivity index (χ3n) is 3.33. The number of nitrogens with zero attached hydrogens (tertiary/aromatic N) is 3. The molecule has 3 aromatic rings. The lowest BCUT2D eigenvalue weighted by Crippen LogP contribution is -2.14. The molecule has 2 aromatic heterocycles. The molecule has 1 N–H and O–H groups in total. The number of ether oxygens (including phenoxy) is 1. The van der Waals surface area contributed by atoms with Gasteiger partial charge in [0.1, 0.15) is 5.75 Å². The largest absolute Gasteiger partial charge is 0.496 e. The van der Waals surface area contributed by atoms with E-state index >= 15 is 0 Å². The number of carbonyl (C=O) groups excluding carboxylic acids is 1. The number of nitrogens with one attached hydrogen (secondary N) is 1. The van der Waals surface area contributed by atoms with Gasteiger partial charge in [0.05, 0.1) is 19.2 Å². The van der Waals surface area contributed by atoms with Gasteiger partial charge in [-0.3, -0.25) is 14.5 Å². The monoisotopic (exact) mass is 308 g/mol. The molecule has 0 aliphatic rings. The number of hydrogen-bond donors (Lipinski definition) is 1. The number of rotatable bonds is 5. The highest BCUT2D eigenvalue weighted by Gasteiger charge is 2.12. The summed E-state index contributed by atoms with van der Waals surface area (Å²) in [6.07, 6.45) is 5.30. The van der Waals surface area contributed by atoms with Crippen molar-refractivity contribution in [1.29, 1.82) is 0 Å². The second-order valence-corrected chi connectivity index (χ2v) is 4.91. The Morgan fingerprint density at radius 3 is 2.74 bits per heavy atom. The Balaban J connectivity index is 1.70. The zero-order valence-corrected chi connectivity index (χ0v) is 12.6. The maximum atomic E-state index is 12.3. The second kappa shape index (κ2) is 6.74. The summed E-state index contributed by atoms with van der Waals surface area (Å²) >= 11 is 0. The number of anilines is 1. The molecule has 0 aliphatic heterocycles. The summed E-state index contributed by atoms with van der Waals surface area (Å²) in [6.45, 7) is 0.618. The summed E-state index contributed by atoms with van der Waals surface area (Å²) in [7, 11) is 1.54. The first-order valence-electron chi connectivity index (χ1n) is 7.13. The Morgan fingerprint density at radius 2 is 1.96 bits per heavy atom. The average molecular weight is 308 g/mol. The normalized spacial score (nSPS) is 10.3. The fourth-order valence-corrected chi connectivity index (χ4v) is 2.21. The van der Waals surface area contributed by atoms with Crippen LogP contribution in [-0.2, 0) is 6.54 Å². The first-order chi connectivity index (χ1) is 11.3. The predicted octanol–water partition coefficient (Wildman–Crippen LogP) is 2.59. The smallest absolute Gasteiger partial charge is 0.260 e. The van der Waals surface area contributed by atoms with Gasteiger partial charge in [0.25, 0.3) is 5.91 Å². The molecule has 0 unspecified atom stereocenters. The number of methoxy groups -OCH3 is 1. The molecule has 23 heavy (non-hydrogen) atoms. The van der Waals surface area contributed by atoms with Crippen molar-refractivity contribution in [1.82, 2.24) is 14.8 Å². The zero-order valence-electron chi connectivity index (χ0n) is 12.6. The fourth-order valence-electron chi connectivity index (χ4n) is 2.21. The van der Waals surface area contributed by atoms with Crippen molar-refractivity contribution in [2.45, 2.75) is 6.54 Å². The van der Waals surface area contributed by atoms with Crippen LogP contribution >= 0.6 is 0 Å².